The molecule has 1 aliphatic rings. The Morgan fingerprint density at radius 3 is 2.73 bits per heavy atom. The quantitative estimate of drug-likeness (QED) is 0.820. The molecule has 6 heteroatoms. The molecule has 0 aliphatic carbocycles. The van der Waals surface area contributed by atoms with Gasteiger partial charge in [0, 0.05) is 28.2 Å². The monoisotopic (exact) mass is 392 g/mol. The lowest BCUT2D eigenvalue weighted by molar-refractivity contribution is 0.0738. The summed E-state index contributed by atoms with van der Waals surface area (Å²) in [6.07, 6.45) is 0.936. The lowest BCUT2D eigenvalue weighted by Gasteiger charge is -2.23. The summed E-state index contributed by atoms with van der Waals surface area (Å²) in [7, 11) is 0. The molecule has 2 atom stereocenters. The van der Waals surface area contributed by atoms with Gasteiger partial charge in [-0.15, -0.1) is 0 Å². The van der Waals surface area contributed by atoms with Gasteiger partial charge in [0.05, 0.1) is 5.56 Å². The van der Waals surface area contributed by atoms with E-state index in [0.717, 1.165) is 12.0 Å². The molecule has 0 aromatic heterocycles. The van der Waals surface area contributed by atoms with Gasteiger partial charge >= 0.3 is 0 Å². The van der Waals surface area contributed by atoms with E-state index in [1.54, 1.807) is 24.3 Å². The summed E-state index contributed by atoms with van der Waals surface area (Å²) in [5, 5.41) is 1.12. The smallest absolute Gasteiger partial charge is 0.257 e. The van der Waals surface area contributed by atoms with Gasteiger partial charge in [-0.1, -0.05) is 41.4 Å². The van der Waals surface area contributed by atoms with Crippen LogP contribution in [0.5, 0.6) is 5.75 Å². The van der Waals surface area contributed by atoms with E-state index in [1.807, 2.05) is 23.1 Å². The lowest BCUT2D eigenvalue weighted by atomic mass is 10.1. The first-order valence-corrected chi connectivity index (χ1v) is 9.42. The Balaban J connectivity index is 1.77. The van der Waals surface area contributed by atoms with Crippen LogP contribution in [0, 0.1) is 5.92 Å². The molecule has 0 spiro atoms. The third-order valence-corrected chi connectivity index (χ3v) is 5.36. The number of hydrogen-bond acceptors (Lipinski definition) is 3. The van der Waals surface area contributed by atoms with Gasteiger partial charge in [-0.2, -0.15) is 0 Å². The van der Waals surface area contributed by atoms with Crippen molar-refractivity contribution in [2.45, 2.75) is 26.0 Å². The number of para-hydroxylation sites is 1. The van der Waals surface area contributed by atoms with E-state index in [4.69, 9.17) is 33.7 Å². The van der Waals surface area contributed by atoms with Crippen LogP contribution in [0.2, 0.25) is 10.0 Å². The van der Waals surface area contributed by atoms with Crippen molar-refractivity contribution in [1.29, 1.82) is 0 Å². The van der Waals surface area contributed by atoms with Crippen molar-refractivity contribution in [1.82, 2.24) is 4.90 Å². The molecule has 2 aromatic carbocycles. The van der Waals surface area contributed by atoms with Gasteiger partial charge in [-0.05, 0) is 50.1 Å². The topological polar surface area (TPSA) is 55.6 Å². The standard InChI is InChI=1S/C20H22Cl2N2O2/c1-13-8-14(10-23)11-24(13)20(25)17-4-2-3-5-19(17)26-12-15-6-7-16(21)9-18(15)22/h2-7,9,13-14H,8,10-12,23H2,1H3. The van der Waals surface area contributed by atoms with E-state index in [2.05, 4.69) is 6.92 Å². The Bertz CT molecular complexity index is 797. The second kappa shape index (κ2) is 8.30. The molecule has 138 valence electrons. The lowest BCUT2D eigenvalue weighted by Crippen LogP contribution is -2.34. The normalized spacial score (nSPS) is 19.6. The molecule has 2 unspecified atom stereocenters. The molecule has 26 heavy (non-hydrogen) atoms. The molecule has 1 aliphatic heterocycles. The Labute approximate surface area is 163 Å². The molecule has 1 fully saturated rings. The largest absolute Gasteiger partial charge is 0.488 e. The second-order valence-electron chi connectivity index (χ2n) is 6.66. The van der Waals surface area contributed by atoms with E-state index in [9.17, 15) is 4.79 Å². The van der Waals surface area contributed by atoms with Gasteiger partial charge in [-0.3, -0.25) is 4.79 Å². The number of ether oxygens (including phenoxy) is 1. The minimum atomic E-state index is -0.0220. The van der Waals surface area contributed by atoms with Crippen molar-refractivity contribution >= 4 is 29.1 Å². The zero-order valence-corrected chi connectivity index (χ0v) is 16.1. The number of carbonyl (C=O) groups is 1. The van der Waals surface area contributed by atoms with Crippen LogP contribution in [-0.2, 0) is 6.61 Å². The van der Waals surface area contributed by atoms with Crippen LogP contribution in [0.1, 0.15) is 29.3 Å². The molecule has 4 nitrogen and oxygen atoms in total. The summed E-state index contributed by atoms with van der Waals surface area (Å²) in [4.78, 5) is 14.9. The molecule has 1 amide bonds. The van der Waals surface area contributed by atoms with Crippen LogP contribution in [0.3, 0.4) is 0 Å². The van der Waals surface area contributed by atoms with Crippen molar-refractivity contribution in [2.75, 3.05) is 13.1 Å². The molecule has 0 radical (unpaired) electrons. The maximum absolute atomic E-state index is 13.0. The minimum absolute atomic E-state index is 0.0220. The van der Waals surface area contributed by atoms with E-state index >= 15 is 0 Å². The highest BCUT2D eigenvalue weighted by Gasteiger charge is 2.33. The Hall–Kier alpha value is -1.75. The van der Waals surface area contributed by atoms with Crippen LogP contribution in [0.15, 0.2) is 42.5 Å². The summed E-state index contributed by atoms with van der Waals surface area (Å²) >= 11 is 12.1. The number of rotatable bonds is 5. The predicted octanol–water partition coefficient (Wildman–Crippen LogP) is 4.38. The summed E-state index contributed by atoms with van der Waals surface area (Å²) < 4.78 is 5.91. The van der Waals surface area contributed by atoms with E-state index < -0.39 is 0 Å². The van der Waals surface area contributed by atoms with Crippen molar-refractivity contribution in [3.8, 4) is 5.75 Å². The van der Waals surface area contributed by atoms with Crippen LogP contribution in [-0.4, -0.2) is 29.9 Å². The fourth-order valence-corrected chi connectivity index (χ4v) is 3.78. The van der Waals surface area contributed by atoms with Crippen molar-refractivity contribution in [3.05, 3.63) is 63.6 Å². The van der Waals surface area contributed by atoms with Gasteiger partial charge < -0.3 is 15.4 Å². The molecule has 1 saturated heterocycles. The number of hydrogen-bond donors (Lipinski definition) is 1. The van der Waals surface area contributed by atoms with Crippen LogP contribution in [0.4, 0.5) is 0 Å². The number of benzene rings is 2. The number of halogens is 2. The van der Waals surface area contributed by atoms with Gasteiger partial charge in [0.25, 0.3) is 5.91 Å². The second-order valence-corrected chi connectivity index (χ2v) is 7.51. The average molecular weight is 393 g/mol. The molecule has 2 aromatic rings. The fraction of sp³-hybridized carbons (Fsp3) is 0.350. The molecule has 0 bridgehead atoms. The third kappa shape index (κ3) is 4.14. The minimum Gasteiger partial charge on any atom is -0.488 e. The van der Waals surface area contributed by atoms with Crippen LogP contribution in [0.25, 0.3) is 0 Å². The molecule has 1 heterocycles. The van der Waals surface area contributed by atoms with Crippen molar-refractivity contribution < 1.29 is 9.53 Å². The first-order chi connectivity index (χ1) is 12.5. The number of nitrogens with zero attached hydrogens (tertiary/aromatic N) is 1. The maximum Gasteiger partial charge on any atom is 0.257 e. The number of nitrogens with two attached hydrogens (primary N) is 1. The zero-order chi connectivity index (χ0) is 18.7. The first kappa shape index (κ1) is 19.0. The zero-order valence-electron chi connectivity index (χ0n) is 14.6. The third-order valence-electron chi connectivity index (χ3n) is 4.77. The van der Waals surface area contributed by atoms with Crippen molar-refractivity contribution in [2.24, 2.45) is 11.7 Å². The van der Waals surface area contributed by atoms with Gasteiger partial charge in [0.15, 0.2) is 0 Å². The summed E-state index contributed by atoms with van der Waals surface area (Å²) in [5.74, 6) is 0.882. The fourth-order valence-electron chi connectivity index (χ4n) is 3.31. The average Bonchev–Trinajstić information content (AvgIpc) is 3.01. The SMILES string of the molecule is CC1CC(CN)CN1C(=O)c1ccccc1OCc1ccc(Cl)cc1Cl. The number of likely N-dealkylation sites (tertiary alicyclic amines) is 1. The highest BCUT2D eigenvalue weighted by molar-refractivity contribution is 6.35. The highest BCUT2D eigenvalue weighted by Crippen LogP contribution is 2.29. The Morgan fingerprint density at radius 1 is 1.27 bits per heavy atom. The van der Waals surface area contributed by atoms with Gasteiger partial charge in [-0.25, -0.2) is 0 Å². The molecular formula is C20H22Cl2N2O2. The van der Waals surface area contributed by atoms with E-state index in [0.29, 0.717) is 40.4 Å². The molecule has 3 rings (SSSR count). The Kier molecular flexibility index (Phi) is 6.07. The summed E-state index contributed by atoms with van der Waals surface area (Å²) in [6, 6.07) is 12.7. The highest BCUT2D eigenvalue weighted by atomic mass is 35.5. The van der Waals surface area contributed by atoms with Crippen LogP contribution < -0.4 is 10.5 Å². The summed E-state index contributed by atoms with van der Waals surface area (Å²) in [6.45, 7) is 3.61. The molecule has 0 saturated carbocycles. The van der Waals surface area contributed by atoms with Gasteiger partial charge in [0.1, 0.15) is 12.4 Å². The van der Waals surface area contributed by atoms with E-state index in [1.165, 1.54) is 0 Å². The maximum atomic E-state index is 13.0. The van der Waals surface area contributed by atoms with E-state index in [-0.39, 0.29) is 18.6 Å². The Morgan fingerprint density at radius 2 is 2.04 bits per heavy atom. The van der Waals surface area contributed by atoms with Gasteiger partial charge in [0.2, 0.25) is 0 Å². The van der Waals surface area contributed by atoms with Crippen LogP contribution >= 0.6 is 23.2 Å². The molecular weight excluding hydrogens is 371 g/mol. The number of carbonyl (C=O) groups excluding carboxylic acids is 1. The first-order valence-electron chi connectivity index (χ1n) is 8.66. The molecule has 2 N–H and O–H groups in total. The predicted molar refractivity (Wildman–Crippen MR) is 105 cm³/mol. The number of amides is 1. The summed E-state index contributed by atoms with van der Waals surface area (Å²) in [5.41, 5.74) is 7.15. The van der Waals surface area contributed by atoms with Crippen molar-refractivity contribution in [3.63, 3.8) is 0 Å².